The van der Waals surface area contributed by atoms with Crippen molar-refractivity contribution in [1.82, 2.24) is 9.72 Å². The summed E-state index contributed by atoms with van der Waals surface area (Å²) in [5, 5.41) is 0. The fraction of sp³-hybridized carbons (Fsp3) is 1.00. The molecule has 1 aliphatic rings. The topological polar surface area (TPSA) is 36.4 Å². The molecule has 12 heavy (non-hydrogen) atoms. The Morgan fingerprint density at radius 1 is 1.00 bits per heavy atom. The molecule has 0 radical (unpaired) electrons. The quantitative estimate of drug-likeness (QED) is 0.624. The number of nitrogens with one attached hydrogen (secondary N) is 2. The van der Waals surface area contributed by atoms with E-state index in [1.165, 1.54) is 0 Å². The maximum atomic E-state index is 4.65. The second-order valence-corrected chi connectivity index (χ2v) is 19.4. The van der Waals surface area contributed by atoms with Gasteiger partial charge < -0.3 is 0 Å². The molecule has 1 rings (SSSR count). The van der Waals surface area contributed by atoms with Crippen molar-refractivity contribution in [2.75, 3.05) is 40.0 Å². The molecule has 6 heteroatoms. The molecule has 0 aliphatic carbocycles. The van der Waals surface area contributed by atoms with Gasteiger partial charge in [0.05, 0.1) is 0 Å². The first kappa shape index (κ1) is 11.0. The summed E-state index contributed by atoms with van der Waals surface area (Å²) in [6.07, 6.45) is 0. The van der Waals surface area contributed by atoms with E-state index in [1.807, 2.05) is 0 Å². The Kier molecular flexibility index (Phi) is 2.07. The van der Waals surface area contributed by atoms with Gasteiger partial charge in [-0.1, -0.05) is 0 Å². The number of hydrogen-bond donors (Lipinski definition) is 2. The first-order valence-corrected chi connectivity index (χ1v) is 11.9. The van der Waals surface area contributed by atoms with Crippen molar-refractivity contribution < 1.29 is 0 Å². The van der Waals surface area contributed by atoms with Crippen molar-refractivity contribution in [3.8, 4) is 0 Å². The van der Waals surface area contributed by atoms with E-state index in [-0.39, 0.29) is 0 Å². The Morgan fingerprint density at radius 2 is 1.50 bits per heavy atom. The standard InChI is InChI=1S/C6H20N3P3/c1-11(2,3)7-10-8-12(4,5,6)9-11/h9H,1-6H3,(H,7,8). The predicted octanol–water partition coefficient (Wildman–Crippen LogP) is 2.77. The molecular weight excluding hydrogens is 207 g/mol. The Labute approximate surface area is 77.1 Å². The van der Waals surface area contributed by atoms with Gasteiger partial charge in [0.15, 0.2) is 0 Å². The Bertz CT molecular complexity index is 242. The summed E-state index contributed by atoms with van der Waals surface area (Å²) >= 11 is 0. The van der Waals surface area contributed by atoms with Crippen LogP contribution in [-0.4, -0.2) is 40.0 Å². The summed E-state index contributed by atoms with van der Waals surface area (Å²) in [6.45, 7) is 9.96. The van der Waals surface area contributed by atoms with Gasteiger partial charge in [-0.2, -0.15) is 0 Å². The first-order chi connectivity index (χ1) is 4.95. The zero-order valence-corrected chi connectivity index (χ0v) is 11.5. The van der Waals surface area contributed by atoms with Gasteiger partial charge in [0, 0.05) is 0 Å². The van der Waals surface area contributed by atoms with Crippen LogP contribution < -0.4 is 9.72 Å². The normalized spacial score (nSPS) is 42.8. The maximum absolute atomic E-state index is 4.65. The van der Waals surface area contributed by atoms with Crippen molar-refractivity contribution in [3.63, 3.8) is 0 Å². The second-order valence-electron chi connectivity index (χ2n) is 5.90. The Balaban J connectivity index is 3.08. The van der Waals surface area contributed by atoms with Gasteiger partial charge in [-0.3, -0.25) is 0 Å². The number of nitrogens with zero attached hydrogens (tertiary/aromatic N) is 1. The number of rotatable bonds is 0. The molecule has 2 N–H and O–H groups in total. The molecule has 1 aliphatic heterocycles. The first-order valence-electron chi connectivity index (χ1n) is 3.98. The average molecular weight is 227 g/mol. The van der Waals surface area contributed by atoms with Crippen LogP contribution >= 0.6 is 22.3 Å². The van der Waals surface area contributed by atoms with Gasteiger partial charge in [0.25, 0.3) is 0 Å². The summed E-state index contributed by atoms with van der Waals surface area (Å²) in [5.41, 5.74) is 0. The third-order valence-corrected chi connectivity index (χ3v) is 13.0. The van der Waals surface area contributed by atoms with Gasteiger partial charge >= 0.3 is 76.6 Å². The molecule has 1 heterocycles. The molecule has 0 spiro atoms. The van der Waals surface area contributed by atoms with Crippen LogP contribution in [0, 0.1) is 0 Å². The molecule has 0 aromatic carbocycles. The van der Waals surface area contributed by atoms with Crippen LogP contribution in [0.25, 0.3) is 0 Å². The van der Waals surface area contributed by atoms with Crippen molar-refractivity contribution in [2.24, 2.45) is 4.52 Å². The van der Waals surface area contributed by atoms with E-state index in [2.05, 4.69) is 54.2 Å². The van der Waals surface area contributed by atoms with Crippen LogP contribution in [0.5, 0.6) is 0 Å². The molecule has 0 saturated heterocycles. The Morgan fingerprint density at radius 3 is 1.75 bits per heavy atom. The van der Waals surface area contributed by atoms with Crippen molar-refractivity contribution >= 4 is 22.3 Å². The third kappa shape index (κ3) is 2.98. The summed E-state index contributed by atoms with van der Waals surface area (Å²) < 4.78 is 4.65. The molecular formula is C6H20N3P3. The van der Waals surface area contributed by atoms with Gasteiger partial charge in [0.1, 0.15) is 0 Å². The van der Waals surface area contributed by atoms with Gasteiger partial charge in [-0.25, -0.2) is 0 Å². The van der Waals surface area contributed by atoms with Crippen molar-refractivity contribution in [1.29, 1.82) is 0 Å². The zero-order valence-electron chi connectivity index (χ0n) is 8.79. The molecule has 0 bridgehead atoms. The van der Waals surface area contributed by atoms with E-state index in [0.717, 1.165) is 8.52 Å². The van der Waals surface area contributed by atoms with Crippen molar-refractivity contribution in [2.45, 2.75) is 0 Å². The van der Waals surface area contributed by atoms with E-state index < -0.39 is 13.8 Å². The minimum absolute atomic E-state index is 1.06. The van der Waals surface area contributed by atoms with Gasteiger partial charge in [-0.05, 0) is 0 Å². The molecule has 0 saturated carbocycles. The van der Waals surface area contributed by atoms with Crippen LogP contribution in [0.4, 0.5) is 0 Å². The van der Waals surface area contributed by atoms with Crippen LogP contribution in [-0.2, 0) is 0 Å². The van der Waals surface area contributed by atoms with Crippen LogP contribution in [0.15, 0.2) is 4.52 Å². The summed E-state index contributed by atoms with van der Waals surface area (Å²) in [7, 11) is 1.06. The fourth-order valence-electron chi connectivity index (χ4n) is 1.58. The zero-order chi connectivity index (χ0) is 9.72. The van der Waals surface area contributed by atoms with Gasteiger partial charge in [0.2, 0.25) is 0 Å². The van der Waals surface area contributed by atoms with E-state index >= 15 is 0 Å². The molecule has 0 unspecified atom stereocenters. The van der Waals surface area contributed by atoms with E-state index in [9.17, 15) is 0 Å². The predicted molar refractivity (Wildman–Crippen MR) is 65.0 cm³/mol. The van der Waals surface area contributed by atoms with E-state index in [1.54, 1.807) is 0 Å². The molecule has 0 amide bonds. The Hall–Kier alpha value is 0.880. The van der Waals surface area contributed by atoms with Crippen LogP contribution in [0.2, 0.25) is 0 Å². The third-order valence-electron chi connectivity index (χ3n) is 1.45. The molecule has 0 atom stereocenters. The second kappa shape index (κ2) is 2.27. The van der Waals surface area contributed by atoms with Crippen molar-refractivity contribution in [3.05, 3.63) is 0 Å². The molecule has 0 aromatic rings. The van der Waals surface area contributed by atoms with Crippen LogP contribution in [0.1, 0.15) is 0 Å². The van der Waals surface area contributed by atoms with E-state index in [4.69, 9.17) is 0 Å². The summed E-state index contributed by atoms with van der Waals surface area (Å²) in [4.78, 5) is 7.23. The monoisotopic (exact) mass is 227 g/mol. The molecule has 74 valence electrons. The summed E-state index contributed by atoms with van der Waals surface area (Å²) in [5.74, 6) is 0. The molecule has 0 aromatic heterocycles. The molecule has 3 nitrogen and oxygen atoms in total. The SMILES string of the molecule is CP1(C)(C)N=PNP(C)(C)(C)N1. The van der Waals surface area contributed by atoms with Gasteiger partial charge in [-0.15, -0.1) is 0 Å². The summed E-state index contributed by atoms with van der Waals surface area (Å²) in [6, 6.07) is 0. The fourth-order valence-corrected chi connectivity index (χ4v) is 15.4. The minimum atomic E-state index is -1.90. The molecule has 0 fully saturated rings. The van der Waals surface area contributed by atoms with Crippen LogP contribution in [0.3, 0.4) is 0 Å². The van der Waals surface area contributed by atoms with E-state index in [0.29, 0.717) is 0 Å². The average Bonchev–Trinajstić information content (AvgIpc) is 1.49. The number of hydrogen-bond acceptors (Lipinski definition) is 3.